The van der Waals surface area contributed by atoms with Crippen molar-refractivity contribution < 1.29 is 9.13 Å². The Balaban J connectivity index is 1.62. The van der Waals surface area contributed by atoms with Gasteiger partial charge in [0.25, 0.3) is 0 Å². The molecule has 0 unspecified atom stereocenters. The van der Waals surface area contributed by atoms with E-state index in [1.165, 1.54) is 17.7 Å². The molecular weight excluding hydrogens is 337 g/mol. The minimum Gasteiger partial charge on any atom is -0.497 e. The molecule has 0 aliphatic heterocycles. The van der Waals surface area contributed by atoms with E-state index in [-0.39, 0.29) is 5.82 Å². The summed E-state index contributed by atoms with van der Waals surface area (Å²) in [4.78, 5) is 3.39. The molecule has 0 bridgehead atoms. The Kier molecular flexibility index (Phi) is 5.19. The van der Waals surface area contributed by atoms with Crippen LogP contribution in [0.3, 0.4) is 0 Å². The summed E-state index contributed by atoms with van der Waals surface area (Å²) < 4.78 is 18.5. The van der Waals surface area contributed by atoms with Gasteiger partial charge in [-0.1, -0.05) is 6.07 Å². The summed E-state index contributed by atoms with van der Waals surface area (Å²) in [5.74, 6) is 0.542. The SMILES string of the molecule is COc1ccc2[nH]c(C)c(CCNC(=S)Nc3cccc(F)c3)c2c1. The topological polar surface area (TPSA) is 49.1 Å². The van der Waals surface area contributed by atoms with Gasteiger partial charge in [-0.25, -0.2) is 4.39 Å². The standard InChI is InChI=1S/C19H20FN3OS/c1-12-16(17-11-15(24-2)6-7-18(17)22-12)8-9-21-19(25)23-14-5-3-4-13(20)10-14/h3-7,10-11,22H,8-9H2,1-2H3,(H2,21,23,25). The van der Waals surface area contributed by atoms with Gasteiger partial charge in [0.15, 0.2) is 5.11 Å². The Morgan fingerprint density at radius 1 is 1.24 bits per heavy atom. The molecule has 130 valence electrons. The van der Waals surface area contributed by atoms with E-state index in [2.05, 4.69) is 22.5 Å². The average molecular weight is 357 g/mol. The number of ether oxygens (including phenoxy) is 1. The Morgan fingerprint density at radius 2 is 2.08 bits per heavy atom. The summed E-state index contributed by atoms with van der Waals surface area (Å²) in [5, 5.41) is 7.78. The summed E-state index contributed by atoms with van der Waals surface area (Å²) in [7, 11) is 1.67. The Morgan fingerprint density at radius 3 is 2.84 bits per heavy atom. The number of rotatable bonds is 5. The molecule has 0 atom stereocenters. The van der Waals surface area contributed by atoms with Crippen molar-refractivity contribution in [2.75, 3.05) is 19.0 Å². The van der Waals surface area contributed by atoms with Crippen LogP contribution >= 0.6 is 12.2 Å². The number of thiocarbonyl (C=S) groups is 1. The number of anilines is 1. The zero-order valence-electron chi connectivity index (χ0n) is 14.2. The number of aromatic nitrogens is 1. The summed E-state index contributed by atoms with van der Waals surface area (Å²) in [6, 6.07) is 12.2. The lowest BCUT2D eigenvalue weighted by Crippen LogP contribution is -2.30. The highest BCUT2D eigenvalue weighted by molar-refractivity contribution is 7.80. The molecule has 3 N–H and O–H groups in total. The van der Waals surface area contributed by atoms with Gasteiger partial charge in [0.1, 0.15) is 11.6 Å². The fourth-order valence-electron chi connectivity index (χ4n) is 2.85. The van der Waals surface area contributed by atoms with Crippen LogP contribution in [0.15, 0.2) is 42.5 Å². The number of hydrogen-bond acceptors (Lipinski definition) is 2. The number of methoxy groups -OCH3 is 1. The lowest BCUT2D eigenvalue weighted by atomic mass is 10.1. The predicted octanol–water partition coefficient (Wildman–Crippen LogP) is 4.15. The van der Waals surface area contributed by atoms with Crippen molar-refractivity contribution in [1.82, 2.24) is 10.3 Å². The van der Waals surface area contributed by atoms with E-state index in [9.17, 15) is 4.39 Å². The quantitative estimate of drug-likeness (QED) is 0.600. The number of fused-ring (bicyclic) bond motifs is 1. The first-order valence-corrected chi connectivity index (χ1v) is 8.43. The predicted molar refractivity (Wildman–Crippen MR) is 104 cm³/mol. The largest absolute Gasteiger partial charge is 0.497 e. The normalized spacial score (nSPS) is 10.7. The van der Waals surface area contributed by atoms with Crippen molar-refractivity contribution in [2.24, 2.45) is 0 Å². The summed E-state index contributed by atoms with van der Waals surface area (Å²) in [5.41, 5.74) is 4.09. The van der Waals surface area contributed by atoms with Gasteiger partial charge in [0, 0.05) is 28.8 Å². The molecule has 1 aromatic heterocycles. The lowest BCUT2D eigenvalue weighted by molar-refractivity contribution is 0.415. The molecule has 1 heterocycles. The molecule has 4 nitrogen and oxygen atoms in total. The van der Waals surface area contributed by atoms with Crippen molar-refractivity contribution in [3.05, 3.63) is 59.5 Å². The molecule has 0 spiro atoms. The second-order valence-electron chi connectivity index (χ2n) is 5.78. The molecule has 0 aliphatic carbocycles. The van der Waals surface area contributed by atoms with Crippen LogP contribution in [0.25, 0.3) is 10.9 Å². The van der Waals surface area contributed by atoms with Crippen LogP contribution in [0.1, 0.15) is 11.3 Å². The third-order valence-corrected chi connectivity index (χ3v) is 4.32. The van der Waals surface area contributed by atoms with Crippen molar-refractivity contribution in [1.29, 1.82) is 0 Å². The number of aromatic amines is 1. The molecule has 0 saturated carbocycles. The molecule has 2 aromatic carbocycles. The number of hydrogen-bond donors (Lipinski definition) is 3. The third kappa shape index (κ3) is 4.09. The van der Waals surface area contributed by atoms with Gasteiger partial charge in [0.05, 0.1) is 7.11 Å². The highest BCUT2D eigenvalue weighted by Gasteiger charge is 2.09. The van der Waals surface area contributed by atoms with Crippen molar-refractivity contribution in [2.45, 2.75) is 13.3 Å². The number of nitrogens with one attached hydrogen (secondary N) is 3. The Labute approximate surface area is 151 Å². The van der Waals surface area contributed by atoms with Crippen LogP contribution in [0, 0.1) is 12.7 Å². The number of halogens is 1. The second-order valence-corrected chi connectivity index (χ2v) is 6.19. The van der Waals surface area contributed by atoms with Crippen LogP contribution < -0.4 is 15.4 Å². The Hall–Kier alpha value is -2.60. The average Bonchev–Trinajstić information content (AvgIpc) is 2.89. The van der Waals surface area contributed by atoms with E-state index < -0.39 is 0 Å². The van der Waals surface area contributed by atoms with E-state index in [0.717, 1.165) is 28.8 Å². The molecule has 0 radical (unpaired) electrons. The zero-order chi connectivity index (χ0) is 17.8. The number of H-pyrrole nitrogens is 1. The smallest absolute Gasteiger partial charge is 0.170 e. The molecule has 6 heteroatoms. The van der Waals surface area contributed by atoms with Crippen molar-refractivity contribution >= 4 is 33.9 Å². The minimum atomic E-state index is -0.295. The van der Waals surface area contributed by atoms with E-state index in [0.29, 0.717) is 17.3 Å². The second kappa shape index (κ2) is 7.53. The van der Waals surface area contributed by atoms with Gasteiger partial charge in [-0.3, -0.25) is 0 Å². The first-order chi connectivity index (χ1) is 12.1. The van der Waals surface area contributed by atoms with Crippen LogP contribution in [0.5, 0.6) is 5.75 Å². The van der Waals surface area contributed by atoms with Gasteiger partial charge in [-0.05, 0) is 67.5 Å². The molecule has 0 saturated heterocycles. The molecule has 25 heavy (non-hydrogen) atoms. The molecular formula is C19H20FN3OS. The third-order valence-electron chi connectivity index (χ3n) is 4.07. The zero-order valence-corrected chi connectivity index (χ0v) is 15.0. The molecule has 0 amide bonds. The minimum absolute atomic E-state index is 0.295. The van der Waals surface area contributed by atoms with E-state index >= 15 is 0 Å². The van der Waals surface area contributed by atoms with Gasteiger partial charge < -0.3 is 20.4 Å². The van der Waals surface area contributed by atoms with E-state index in [1.54, 1.807) is 19.2 Å². The van der Waals surface area contributed by atoms with E-state index in [1.807, 2.05) is 18.2 Å². The van der Waals surface area contributed by atoms with Gasteiger partial charge in [0.2, 0.25) is 0 Å². The number of benzene rings is 2. The summed E-state index contributed by atoms with van der Waals surface area (Å²) in [6.45, 7) is 2.73. The first kappa shape index (κ1) is 17.2. The van der Waals surface area contributed by atoms with Crippen LogP contribution in [-0.2, 0) is 6.42 Å². The molecule has 0 aliphatic rings. The highest BCUT2D eigenvalue weighted by Crippen LogP contribution is 2.26. The van der Waals surface area contributed by atoms with Crippen molar-refractivity contribution in [3.8, 4) is 5.75 Å². The van der Waals surface area contributed by atoms with Crippen LogP contribution in [0.4, 0.5) is 10.1 Å². The maximum absolute atomic E-state index is 13.2. The maximum Gasteiger partial charge on any atom is 0.170 e. The van der Waals surface area contributed by atoms with Gasteiger partial charge >= 0.3 is 0 Å². The molecule has 3 aromatic rings. The number of aryl methyl sites for hydroxylation is 1. The van der Waals surface area contributed by atoms with Crippen LogP contribution in [-0.4, -0.2) is 23.8 Å². The Bertz CT molecular complexity index is 907. The summed E-state index contributed by atoms with van der Waals surface area (Å²) >= 11 is 5.27. The first-order valence-electron chi connectivity index (χ1n) is 8.02. The fourth-order valence-corrected chi connectivity index (χ4v) is 3.07. The fraction of sp³-hybridized carbons (Fsp3) is 0.211. The monoisotopic (exact) mass is 357 g/mol. The van der Waals surface area contributed by atoms with Gasteiger partial charge in [-0.2, -0.15) is 0 Å². The molecule has 3 rings (SSSR count). The van der Waals surface area contributed by atoms with Crippen LogP contribution in [0.2, 0.25) is 0 Å². The summed E-state index contributed by atoms with van der Waals surface area (Å²) in [6.07, 6.45) is 0.809. The van der Waals surface area contributed by atoms with Crippen molar-refractivity contribution in [3.63, 3.8) is 0 Å². The van der Waals surface area contributed by atoms with E-state index in [4.69, 9.17) is 17.0 Å². The molecule has 0 fully saturated rings. The lowest BCUT2D eigenvalue weighted by Gasteiger charge is -2.11. The highest BCUT2D eigenvalue weighted by atomic mass is 32.1. The maximum atomic E-state index is 13.2. The van der Waals surface area contributed by atoms with Gasteiger partial charge in [-0.15, -0.1) is 0 Å².